The van der Waals surface area contributed by atoms with E-state index in [1.54, 1.807) is 4.68 Å². The zero-order valence-corrected chi connectivity index (χ0v) is 12.2. The molecule has 1 fully saturated rings. The quantitative estimate of drug-likeness (QED) is 0.733. The predicted octanol–water partition coefficient (Wildman–Crippen LogP) is 2.13. The number of nitrogens with zero attached hydrogens (tertiary/aromatic N) is 3. The average molecular weight is 270 g/mol. The van der Waals surface area contributed by atoms with Crippen molar-refractivity contribution in [3.05, 3.63) is 17.0 Å². The maximum atomic E-state index is 12.5. The van der Waals surface area contributed by atoms with Crippen LogP contribution in [0.25, 0.3) is 0 Å². The summed E-state index contributed by atoms with van der Waals surface area (Å²) in [6.45, 7) is 7.37. The van der Waals surface area contributed by atoms with E-state index in [9.17, 15) is 4.79 Å². The van der Waals surface area contributed by atoms with Crippen molar-refractivity contribution in [1.82, 2.24) is 14.7 Å². The Labute approximate surface area is 113 Å². The maximum absolute atomic E-state index is 12.5. The number of likely N-dealkylation sites (tertiary alicyclic amines) is 1. The number of hydrogen-bond acceptors (Lipinski definition) is 2. The minimum Gasteiger partial charge on any atom is -0.337 e. The molecule has 5 heteroatoms. The van der Waals surface area contributed by atoms with Gasteiger partial charge in [-0.3, -0.25) is 9.48 Å². The molecule has 1 aromatic heterocycles. The topological polar surface area (TPSA) is 38.1 Å². The van der Waals surface area contributed by atoms with Crippen LogP contribution in [0.2, 0.25) is 0 Å². The Morgan fingerprint density at radius 3 is 2.61 bits per heavy atom. The van der Waals surface area contributed by atoms with Crippen LogP contribution >= 0.6 is 11.6 Å². The first kappa shape index (κ1) is 13.4. The van der Waals surface area contributed by atoms with Crippen LogP contribution in [-0.4, -0.2) is 39.1 Å². The molecule has 2 rings (SSSR count). The first-order valence-electron chi connectivity index (χ1n) is 6.35. The van der Waals surface area contributed by atoms with Gasteiger partial charge in [0.15, 0.2) is 0 Å². The molecule has 0 N–H and O–H groups in total. The van der Waals surface area contributed by atoms with Crippen molar-refractivity contribution >= 4 is 17.5 Å². The highest BCUT2D eigenvalue weighted by Gasteiger charge is 2.30. The summed E-state index contributed by atoms with van der Waals surface area (Å²) in [7, 11) is 1.86. The highest BCUT2D eigenvalue weighted by atomic mass is 35.5. The molecule has 0 spiro atoms. The Hall–Kier alpha value is -1.03. The third kappa shape index (κ3) is 2.26. The normalized spacial score (nSPS) is 24.4. The summed E-state index contributed by atoms with van der Waals surface area (Å²) in [5.74, 6) is 0.544. The summed E-state index contributed by atoms with van der Waals surface area (Å²) >= 11 is 6.26. The van der Waals surface area contributed by atoms with Crippen LogP contribution in [0.4, 0.5) is 0 Å². The molecule has 18 heavy (non-hydrogen) atoms. The van der Waals surface area contributed by atoms with Crippen molar-refractivity contribution in [3.8, 4) is 0 Å². The molecule has 1 aliphatic rings. The predicted molar refractivity (Wildman–Crippen MR) is 72.0 cm³/mol. The molecular weight excluding hydrogens is 250 g/mol. The lowest BCUT2D eigenvalue weighted by atomic mass is 9.98. The van der Waals surface area contributed by atoms with Gasteiger partial charge in [-0.1, -0.05) is 6.92 Å². The van der Waals surface area contributed by atoms with Gasteiger partial charge in [-0.15, -0.1) is 11.6 Å². The Bertz CT molecular complexity index is 469. The van der Waals surface area contributed by atoms with Crippen molar-refractivity contribution in [2.24, 2.45) is 13.0 Å². The Balaban J connectivity index is 2.21. The SMILES string of the molecule is Cc1nn(C)c(C)c1C(=O)N1CCC(C)C(Cl)C1. The number of alkyl halides is 1. The van der Waals surface area contributed by atoms with Gasteiger partial charge < -0.3 is 4.90 Å². The van der Waals surface area contributed by atoms with Gasteiger partial charge in [-0.2, -0.15) is 5.10 Å². The number of aromatic nitrogens is 2. The van der Waals surface area contributed by atoms with E-state index in [1.165, 1.54) is 0 Å². The lowest BCUT2D eigenvalue weighted by Crippen LogP contribution is -2.44. The van der Waals surface area contributed by atoms with E-state index in [2.05, 4.69) is 12.0 Å². The number of amides is 1. The molecule has 2 atom stereocenters. The Kier molecular flexibility index (Phi) is 3.66. The summed E-state index contributed by atoms with van der Waals surface area (Å²) in [5, 5.41) is 4.35. The molecule has 4 nitrogen and oxygen atoms in total. The van der Waals surface area contributed by atoms with Gasteiger partial charge in [0, 0.05) is 25.8 Å². The summed E-state index contributed by atoms with van der Waals surface area (Å²) < 4.78 is 1.76. The van der Waals surface area contributed by atoms with Crippen molar-refractivity contribution in [3.63, 3.8) is 0 Å². The molecule has 1 saturated heterocycles. The number of carbonyl (C=O) groups is 1. The molecule has 2 heterocycles. The Morgan fingerprint density at radius 1 is 1.44 bits per heavy atom. The second-order valence-electron chi connectivity index (χ2n) is 5.20. The number of carbonyl (C=O) groups excluding carboxylic acids is 1. The fourth-order valence-electron chi connectivity index (χ4n) is 2.45. The number of aryl methyl sites for hydroxylation is 2. The minimum atomic E-state index is 0.0555. The number of piperidine rings is 1. The van der Waals surface area contributed by atoms with E-state index >= 15 is 0 Å². The molecule has 2 unspecified atom stereocenters. The second-order valence-corrected chi connectivity index (χ2v) is 5.76. The zero-order chi connectivity index (χ0) is 13.4. The van der Waals surface area contributed by atoms with Crippen LogP contribution in [0.15, 0.2) is 0 Å². The molecule has 0 aromatic carbocycles. The third-order valence-corrected chi connectivity index (χ3v) is 4.44. The highest BCUT2D eigenvalue weighted by Crippen LogP contribution is 2.24. The van der Waals surface area contributed by atoms with Crippen LogP contribution in [0.5, 0.6) is 0 Å². The van der Waals surface area contributed by atoms with Gasteiger partial charge in [-0.05, 0) is 26.2 Å². The lowest BCUT2D eigenvalue weighted by Gasteiger charge is -2.34. The first-order chi connectivity index (χ1) is 8.41. The second kappa shape index (κ2) is 4.92. The molecule has 1 aliphatic heterocycles. The van der Waals surface area contributed by atoms with Crippen molar-refractivity contribution < 1.29 is 4.79 Å². The van der Waals surface area contributed by atoms with Crippen molar-refractivity contribution in [2.75, 3.05) is 13.1 Å². The molecule has 0 aliphatic carbocycles. The number of halogens is 1. The Morgan fingerprint density at radius 2 is 2.11 bits per heavy atom. The fourth-order valence-corrected chi connectivity index (χ4v) is 2.74. The number of hydrogen-bond donors (Lipinski definition) is 0. The lowest BCUT2D eigenvalue weighted by molar-refractivity contribution is 0.0700. The zero-order valence-electron chi connectivity index (χ0n) is 11.4. The van der Waals surface area contributed by atoms with Gasteiger partial charge in [0.2, 0.25) is 0 Å². The minimum absolute atomic E-state index is 0.0555. The molecule has 1 amide bonds. The summed E-state index contributed by atoms with van der Waals surface area (Å²) in [5.41, 5.74) is 2.45. The molecule has 0 bridgehead atoms. The molecule has 100 valence electrons. The fraction of sp³-hybridized carbons (Fsp3) is 0.692. The maximum Gasteiger partial charge on any atom is 0.257 e. The monoisotopic (exact) mass is 269 g/mol. The van der Waals surface area contributed by atoms with Gasteiger partial charge in [0.1, 0.15) is 0 Å². The van der Waals surface area contributed by atoms with E-state index in [-0.39, 0.29) is 11.3 Å². The molecule has 0 saturated carbocycles. The summed E-state index contributed by atoms with van der Waals surface area (Å²) in [4.78, 5) is 14.4. The van der Waals surface area contributed by atoms with E-state index in [0.29, 0.717) is 12.5 Å². The van der Waals surface area contributed by atoms with Crippen LogP contribution in [-0.2, 0) is 7.05 Å². The molecule has 1 aromatic rings. The van der Waals surface area contributed by atoms with Crippen LogP contribution in [0, 0.1) is 19.8 Å². The smallest absolute Gasteiger partial charge is 0.257 e. The van der Waals surface area contributed by atoms with E-state index in [1.807, 2.05) is 25.8 Å². The van der Waals surface area contributed by atoms with Crippen LogP contribution < -0.4 is 0 Å². The van der Waals surface area contributed by atoms with E-state index in [0.717, 1.165) is 29.9 Å². The van der Waals surface area contributed by atoms with Gasteiger partial charge >= 0.3 is 0 Å². The van der Waals surface area contributed by atoms with Gasteiger partial charge in [0.25, 0.3) is 5.91 Å². The van der Waals surface area contributed by atoms with Crippen molar-refractivity contribution in [2.45, 2.75) is 32.6 Å². The molecule has 0 radical (unpaired) electrons. The third-order valence-electron chi connectivity index (χ3n) is 3.88. The highest BCUT2D eigenvalue weighted by molar-refractivity contribution is 6.21. The molecular formula is C13H20ClN3O. The first-order valence-corrected chi connectivity index (χ1v) is 6.79. The number of rotatable bonds is 1. The average Bonchev–Trinajstić information content (AvgIpc) is 2.56. The van der Waals surface area contributed by atoms with Gasteiger partial charge in [-0.25, -0.2) is 0 Å². The summed E-state index contributed by atoms with van der Waals surface area (Å²) in [6, 6.07) is 0. The van der Waals surface area contributed by atoms with Crippen molar-refractivity contribution in [1.29, 1.82) is 0 Å². The van der Waals surface area contributed by atoms with Gasteiger partial charge in [0.05, 0.1) is 16.6 Å². The van der Waals surface area contributed by atoms with E-state index < -0.39 is 0 Å². The van der Waals surface area contributed by atoms with E-state index in [4.69, 9.17) is 11.6 Å². The standard InChI is InChI=1S/C13H20ClN3O/c1-8-5-6-17(7-11(8)14)13(18)12-9(2)15-16(4)10(12)3/h8,11H,5-7H2,1-4H3. The summed E-state index contributed by atoms with van der Waals surface area (Å²) in [6.07, 6.45) is 0.971. The largest absolute Gasteiger partial charge is 0.337 e. The van der Waals surface area contributed by atoms with Crippen LogP contribution in [0.1, 0.15) is 35.1 Å². The van der Waals surface area contributed by atoms with Crippen LogP contribution in [0.3, 0.4) is 0 Å².